The average Bonchev–Trinajstić information content (AvgIpc) is 3.04. The molecule has 1 saturated heterocycles. The smallest absolute Gasteiger partial charge is 0.323 e. The third-order valence-electron chi connectivity index (χ3n) is 3.98. The van der Waals surface area contributed by atoms with Crippen molar-refractivity contribution in [2.24, 2.45) is 5.92 Å². The summed E-state index contributed by atoms with van der Waals surface area (Å²) in [5, 5.41) is 12.8. The first-order valence-electron chi connectivity index (χ1n) is 7.88. The Morgan fingerprint density at radius 2 is 1.96 bits per heavy atom. The summed E-state index contributed by atoms with van der Waals surface area (Å²) in [5.74, 6) is -1.15. The summed E-state index contributed by atoms with van der Waals surface area (Å²) in [5.41, 5.74) is 1.19. The van der Waals surface area contributed by atoms with Gasteiger partial charge in [-0.3, -0.25) is 10.1 Å². The van der Waals surface area contributed by atoms with Crippen molar-refractivity contribution in [2.75, 3.05) is 18.4 Å². The van der Waals surface area contributed by atoms with Crippen molar-refractivity contribution in [2.45, 2.75) is 29.8 Å². The van der Waals surface area contributed by atoms with E-state index in [1.807, 2.05) is 31.2 Å². The molecule has 1 fully saturated rings. The van der Waals surface area contributed by atoms with E-state index in [-0.39, 0.29) is 11.9 Å². The predicted octanol–water partition coefficient (Wildman–Crippen LogP) is 3.33. The van der Waals surface area contributed by atoms with Crippen LogP contribution in [0.2, 0.25) is 0 Å². The second-order valence-corrected chi connectivity index (χ2v) is 7.62. The normalized spacial score (nSPS) is 15.2. The minimum absolute atomic E-state index is 0.258. The van der Waals surface area contributed by atoms with Crippen molar-refractivity contribution in [3.8, 4) is 0 Å². The van der Waals surface area contributed by atoms with Crippen LogP contribution in [0.3, 0.4) is 0 Å². The van der Waals surface area contributed by atoms with Crippen LogP contribution < -0.4 is 5.32 Å². The van der Waals surface area contributed by atoms with E-state index in [1.165, 1.54) is 17.3 Å². The highest BCUT2D eigenvalue weighted by molar-refractivity contribution is 7.99. The van der Waals surface area contributed by atoms with Crippen molar-refractivity contribution in [3.05, 3.63) is 29.8 Å². The fourth-order valence-corrected chi connectivity index (χ4v) is 3.92. The first kappa shape index (κ1) is 17.7. The topological polar surface area (TPSA) is 95.4 Å². The Kier molecular flexibility index (Phi) is 5.54. The number of carbonyl (C=O) groups is 2. The molecule has 2 N–H and O–H groups in total. The molecule has 0 atom stereocenters. The lowest BCUT2D eigenvalue weighted by atomic mass is 9.97. The van der Waals surface area contributed by atoms with Gasteiger partial charge < -0.3 is 10.0 Å². The van der Waals surface area contributed by atoms with Gasteiger partial charge in [0.15, 0.2) is 0 Å². The predicted molar refractivity (Wildman–Crippen MR) is 96.2 cm³/mol. The zero-order valence-electron chi connectivity index (χ0n) is 13.6. The maximum atomic E-state index is 12.2. The molecule has 1 aliphatic rings. The van der Waals surface area contributed by atoms with Gasteiger partial charge in [-0.1, -0.05) is 17.7 Å². The highest BCUT2D eigenvalue weighted by Crippen LogP contribution is 2.28. The summed E-state index contributed by atoms with van der Waals surface area (Å²) < 4.78 is 4.25. The Bertz CT molecular complexity index is 755. The Hall–Kier alpha value is -2.13. The lowest BCUT2D eigenvalue weighted by molar-refractivity contribution is -0.143. The van der Waals surface area contributed by atoms with Crippen LogP contribution in [0.4, 0.5) is 9.93 Å². The summed E-state index contributed by atoms with van der Waals surface area (Å²) in [4.78, 5) is 30.2. The van der Waals surface area contributed by atoms with Gasteiger partial charge >= 0.3 is 12.0 Å². The van der Waals surface area contributed by atoms with Gasteiger partial charge in [0.25, 0.3) is 0 Å². The zero-order chi connectivity index (χ0) is 17.8. The Labute approximate surface area is 153 Å². The number of nitrogens with one attached hydrogen (secondary N) is 1. The van der Waals surface area contributed by atoms with E-state index in [0.29, 0.717) is 36.2 Å². The van der Waals surface area contributed by atoms with Crippen LogP contribution in [0.15, 0.2) is 34.3 Å². The number of carboxylic acids is 1. The molecule has 1 aromatic carbocycles. The Morgan fingerprint density at radius 1 is 1.28 bits per heavy atom. The van der Waals surface area contributed by atoms with Crippen molar-refractivity contribution in [3.63, 3.8) is 0 Å². The molecule has 25 heavy (non-hydrogen) atoms. The molecule has 2 aromatic rings. The second-order valence-electron chi connectivity index (χ2n) is 5.83. The van der Waals surface area contributed by atoms with Gasteiger partial charge in [-0.05, 0) is 43.7 Å². The lowest BCUT2D eigenvalue weighted by Crippen LogP contribution is -2.42. The highest BCUT2D eigenvalue weighted by Gasteiger charge is 2.27. The number of carbonyl (C=O) groups excluding carboxylic acids is 1. The number of amides is 2. The summed E-state index contributed by atoms with van der Waals surface area (Å²) in [6, 6.07) is 7.81. The number of likely N-dealkylation sites (tertiary alicyclic amines) is 1. The summed E-state index contributed by atoms with van der Waals surface area (Å²) in [6.07, 6.45) is 0.959. The molecule has 1 aromatic heterocycles. The monoisotopic (exact) mass is 378 g/mol. The minimum Gasteiger partial charge on any atom is -0.481 e. The molecule has 9 heteroatoms. The molecule has 2 heterocycles. The van der Waals surface area contributed by atoms with Crippen LogP contribution in [0, 0.1) is 12.8 Å². The fraction of sp³-hybridized carbons (Fsp3) is 0.375. The van der Waals surface area contributed by atoms with Crippen LogP contribution in [-0.2, 0) is 4.79 Å². The second kappa shape index (κ2) is 7.83. The number of carboxylic acid groups (broad SMARTS) is 1. The van der Waals surface area contributed by atoms with Crippen molar-refractivity contribution in [1.82, 2.24) is 14.3 Å². The largest absolute Gasteiger partial charge is 0.481 e. The molecule has 7 nitrogen and oxygen atoms in total. The van der Waals surface area contributed by atoms with E-state index in [1.54, 1.807) is 4.90 Å². The molecule has 2 amide bonds. The van der Waals surface area contributed by atoms with Crippen molar-refractivity contribution >= 4 is 40.4 Å². The molecule has 0 spiro atoms. The van der Waals surface area contributed by atoms with Crippen molar-refractivity contribution in [1.29, 1.82) is 0 Å². The number of anilines is 1. The summed E-state index contributed by atoms with van der Waals surface area (Å²) in [6.45, 7) is 2.90. The van der Waals surface area contributed by atoms with Crippen LogP contribution in [0.5, 0.6) is 0 Å². The first-order valence-corrected chi connectivity index (χ1v) is 9.47. The molecular formula is C16H18N4O3S2. The van der Waals surface area contributed by atoms with Crippen LogP contribution in [0.1, 0.15) is 18.4 Å². The maximum absolute atomic E-state index is 12.2. The Balaban J connectivity index is 1.53. The van der Waals surface area contributed by atoms with Crippen molar-refractivity contribution < 1.29 is 14.7 Å². The van der Waals surface area contributed by atoms with E-state index in [2.05, 4.69) is 14.7 Å². The third kappa shape index (κ3) is 4.70. The average molecular weight is 378 g/mol. The fourth-order valence-electron chi connectivity index (χ4n) is 2.51. The number of rotatable bonds is 4. The molecular weight excluding hydrogens is 360 g/mol. The number of benzene rings is 1. The molecule has 3 rings (SSSR count). The summed E-state index contributed by atoms with van der Waals surface area (Å²) >= 11 is 2.58. The Morgan fingerprint density at radius 3 is 2.60 bits per heavy atom. The number of aryl methyl sites for hydroxylation is 1. The van der Waals surface area contributed by atoms with Gasteiger partial charge in [-0.25, -0.2) is 4.79 Å². The van der Waals surface area contributed by atoms with E-state index in [0.717, 1.165) is 16.4 Å². The van der Waals surface area contributed by atoms with E-state index in [9.17, 15) is 9.59 Å². The number of nitrogens with zero attached hydrogens (tertiary/aromatic N) is 3. The lowest BCUT2D eigenvalue weighted by Gasteiger charge is -2.29. The highest BCUT2D eigenvalue weighted by atomic mass is 32.2. The van der Waals surface area contributed by atoms with Gasteiger partial charge in [-0.15, -0.1) is 0 Å². The van der Waals surface area contributed by atoms with Crippen LogP contribution in [-0.4, -0.2) is 44.5 Å². The molecule has 0 aliphatic carbocycles. The molecule has 1 aliphatic heterocycles. The van der Waals surface area contributed by atoms with Crippen LogP contribution in [0.25, 0.3) is 0 Å². The van der Waals surface area contributed by atoms with Gasteiger partial charge in [0.2, 0.25) is 10.3 Å². The number of piperidine rings is 1. The van der Waals surface area contributed by atoms with Gasteiger partial charge in [0, 0.05) is 29.5 Å². The number of hydrogen-bond donors (Lipinski definition) is 2. The molecule has 0 saturated carbocycles. The van der Waals surface area contributed by atoms with E-state index in [4.69, 9.17) is 5.11 Å². The molecule has 132 valence electrons. The number of hydrogen-bond acceptors (Lipinski definition) is 6. The maximum Gasteiger partial charge on any atom is 0.323 e. The third-order valence-corrected chi connectivity index (χ3v) is 5.60. The minimum atomic E-state index is -0.790. The van der Waals surface area contributed by atoms with E-state index < -0.39 is 5.97 Å². The molecule has 0 unspecified atom stereocenters. The standard InChI is InChI=1S/C16H18N4O3S2/c1-10-2-4-12(5-3-10)24-15-17-14(25-19-15)18-16(23)20-8-6-11(7-9-20)13(21)22/h2-5,11H,6-9H2,1H3,(H,21,22)(H,17,18,19,23). The summed E-state index contributed by atoms with van der Waals surface area (Å²) in [7, 11) is 0. The van der Waals surface area contributed by atoms with Crippen LogP contribution >= 0.6 is 23.3 Å². The number of aromatic nitrogens is 2. The zero-order valence-corrected chi connectivity index (χ0v) is 15.3. The van der Waals surface area contributed by atoms with Gasteiger partial charge in [0.05, 0.1) is 5.92 Å². The quantitative estimate of drug-likeness (QED) is 0.847. The molecule has 0 bridgehead atoms. The number of aliphatic carboxylic acids is 1. The van der Waals surface area contributed by atoms with Gasteiger partial charge in [0.1, 0.15) is 0 Å². The van der Waals surface area contributed by atoms with Gasteiger partial charge in [-0.2, -0.15) is 9.36 Å². The van der Waals surface area contributed by atoms with E-state index >= 15 is 0 Å². The SMILES string of the molecule is Cc1ccc(Sc2nsc(NC(=O)N3CCC(C(=O)O)CC3)n2)cc1. The number of urea groups is 1. The first-order chi connectivity index (χ1) is 12.0. The molecule has 0 radical (unpaired) electrons.